The molecule has 6 nitrogen and oxygen atoms in total. The summed E-state index contributed by atoms with van der Waals surface area (Å²) in [6, 6.07) is 9.28. The maximum atomic E-state index is 11.8. The van der Waals surface area contributed by atoms with Crippen LogP contribution in [-0.2, 0) is 11.3 Å². The molecule has 0 spiro atoms. The summed E-state index contributed by atoms with van der Waals surface area (Å²) in [5.41, 5.74) is 7.32. The molecule has 0 bridgehead atoms. The lowest BCUT2D eigenvalue weighted by Crippen LogP contribution is -2.19. The highest BCUT2D eigenvalue weighted by Crippen LogP contribution is 2.15. The van der Waals surface area contributed by atoms with Gasteiger partial charge in [0.15, 0.2) is 0 Å². The molecular formula is C13H17N5O. The summed E-state index contributed by atoms with van der Waals surface area (Å²) in [5.74, 6) is 0.267. The Labute approximate surface area is 111 Å². The summed E-state index contributed by atoms with van der Waals surface area (Å²) in [6.45, 7) is 0.145. The van der Waals surface area contributed by atoms with Gasteiger partial charge in [-0.15, -0.1) is 0 Å². The Hall–Kier alpha value is -2.50. The van der Waals surface area contributed by atoms with Crippen molar-refractivity contribution in [1.82, 2.24) is 9.78 Å². The molecule has 1 amide bonds. The van der Waals surface area contributed by atoms with Gasteiger partial charge in [0, 0.05) is 31.7 Å². The maximum Gasteiger partial charge on any atom is 0.246 e. The Morgan fingerprint density at radius 2 is 2.00 bits per heavy atom. The van der Waals surface area contributed by atoms with Crippen LogP contribution in [0.1, 0.15) is 0 Å². The van der Waals surface area contributed by atoms with Crippen molar-refractivity contribution in [2.24, 2.45) is 0 Å². The lowest BCUT2D eigenvalue weighted by atomic mass is 10.2. The van der Waals surface area contributed by atoms with E-state index in [9.17, 15) is 4.79 Å². The minimum atomic E-state index is -0.138. The molecule has 2 rings (SSSR count). The molecule has 2 aromatic rings. The fourth-order valence-electron chi connectivity index (χ4n) is 1.66. The van der Waals surface area contributed by atoms with Gasteiger partial charge >= 0.3 is 0 Å². The molecule has 100 valence electrons. The van der Waals surface area contributed by atoms with Crippen LogP contribution in [0.5, 0.6) is 0 Å². The van der Waals surface area contributed by atoms with E-state index in [1.54, 1.807) is 12.3 Å². The summed E-state index contributed by atoms with van der Waals surface area (Å²) in [5, 5.41) is 6.76. The molecule has 0 unspecified atom stereocenters. The van der Waals surface area contributed by atoms with E-state index < -0.39 is 0 Å². The number of anilines is 3. The van der Waals surface area contributed by atoms with Crippen LogP contribution in [0.3, 0.4) is 0 Å². The van der Waals surface area contributed by atoms with Crippen molar-refractivity contribution in [2.45, 2.75) is 6.54 Å². The summed E-state index contributed by atoms with van der Waals surface area (Å²) in [6.07, 6.45) is 1.67. The average Bonchev–Trinajstić information content (AvgIpc) is 2.75. The first-order chi connectivity index (χ1) is 9.04. The van der Waals surface area contributed by atoms with Crippen molar-refractivity contribution in [3.8, 4) is 0 Å². The number of hydrogen-bond acceptors (Lipinski definition) is 4. The molecule has 0 radical (unpaired) electrons. The van der Waals surface area contributed by atoms with Gasteiger partial charge in [-0.25, -0.2) is 0 Å². The second kappa shape index (κ2) is 5.43. The smallest absolute Gasteiger partial charge is 0.246 e. The topological polar surface area (TPSA) is 76.2 Å². The van der Waals surface area contributed by atoms with Crippen LogP contribution in [0.2, 0.25) is 0 Å². The molecule has 1 aromatic carbocycles. The molecule has 0 aliphatic heterocycles. The van der Waals surface area contributed by atoms with Gasteiger partial charge < -0.3 is 16.0 Å². The molecule has 1 heterocycles. The molecule has 6 heteroatoms. The number of benzene rings is 1. The van der Waals surface area contributed by atoms with E-state index in [2.05, 4.69) is 10.4 Å². The number of aromatic nitrogens is 2. The van der Waals surface area contributed by atoms with Crippen LogP contribution in [0.4, 0.5) is 17.2 Å². The van der Waals surface area contributed by atoms with E-state index in [1.165, 1.54) is 4.68 Å². The molecule has 0 aliphatic rings. The maximum absolute atomic E-state index is 11.8. The average molecular weight is 259 g/mol. The Morgan fingerprint density at radius 1 is 1.32 bits per heavy atom. The van der Waals surface area contributed by atoms with Gasteiger partial charge in [-0.05, 0) is 30.3 Å². The second-order valence-corrected chi connectivity index (χ2v) is 4.43. The first kappa shape index (κ1) is 12.9. The summed E-state index contributed by atoms with van der Waals surface area (Å²) in [4.78, 5) is 13.8. The minimum Gasteiger partial charge on any atom is -0.382 e. The first-order valence-electron chi connectivity index (χ1n) is 5.91. The number of carbonyl (C=O) groups is 1. The van der Waals surface area contributed by atoms with Crippen molar-refractivity contribution in [3.05, 3.63) is 36.5 Å². The van der Waals surface area contributed by atoms with Crippen LogP contribution in [0, 0.1) is 0 Å². The van der Waals surface area contributed by atoms with Gasteiger partial charge in [0.1, 0.15) is 12.4 Å². The lowest BCUT2D eigenvalue weighted by Gasteiger charge is -2.13. The number of amides is 1. The molecule has 0 atom stereocenters. The summed E-state index contributed by atoms with van der Waals surface area (Å²) >= 11 is 0. The van der Waals surface area contributed by atoms with E-state index in [0.29, 0.717) is 5.82 Å². The van der Waals surface area contributed by atoms with Gasteiger partial charge in [-0.3, -0.25) is 9.48 Å². The Morgan fingerprint density at radius 3 is 2.53 bits per heavy atom. The van der Waals surface area contributed by atoms with Crippen LogP contribution in [-0.4, -0.2) is 29.8 Å². The van der Waals surface area contributed by atoms with Crippen molar-refractivity contribution in [1.29, 1.82) is 0 Å². The molecule has 0 aliphatic carbocycles. The summed E-state index contributed by atoms with van der Waals surface area (Å²) in [7, 11) is 3.94. The zero-order valence-corrected chi connectivity index (χ0v) is 11.0. The van der Waals surface area contributed by atoms with Crippen molar-refractivity contribution in [3.63, 3.8) is 0 Å². The third-order valence-corrected chi connectivity index (χ3v) is 2.63. The largest absolute Gasteiger partial charge is 0.382 e. The molecule has 3 N–H and O–H groups in total. The van der Waals surface area contributed by atoms with E-state index in [0.717, 1.165) is 11.4 Å². The third-order valence-electron chi connectivity index (χ3n) is 2.63. The standard InChI is InChI=1S/C13H17N5O/c1-17(2)11-5-3-10(4-6-11)15-13(19)9-18-8-7-12(14)16-18/h3-8H,9H2,1-2H3,(H2,14,16)(H,15,19). The number of nitrogen functional groups attached to an aromatic ring is 1. The van der Waals surface area contributed by atoms with Crippen LogP contribution < -0.4 is 16.0 Å². The number of nitrogens with zero attached hydrogens (tertiary/aromatic N) is 3. The quantitative estimate of drug-likeness (QED) is 0.864. The number of rotatable bonds is 4. The predicted molar refractivity (Wildman–Crippen MR) is 76.0 cm³/mol. The highest BCUT2D eigenvalue weighted by atomic mass is 16.2. The minimum absolute atomic E-state index is 0.138. The van der Waals surface area contributed by atoms with E-state index >= 15 is 0 Å². The lowest BCUT2D eigenvalue weighted by molar-refractivity contribution is -0.116. The fraction of sp³-hybridized carbons (Fsp3) is 0.231. The van der Waals surface area contributed by atoms with Crippen molar-refractivity contribution in [2.75, 3.05) is 30.0 Å². The van der Waals surface area contributed by atoms with Crippen LogP contribution in [0.25, 0.3) is 0 Å². The fourth-order valence-corrected chi connectivity index (χ4v) is 1.66. The van der Waals surface area contributed by atoms with E-state index in [1.807, 2.05) is 43.3 Å². The number of carbonyl (C=O) groups excluding carboxylic acids is 1. The van der Waals surface area contributed by atoms with E-state index in [-0.39, 0.29) is 12.5 Å². The molecule has 19 heavy (non-hydrogen) atoms. The van der Waals surface area contributed by atoms with E-state index in [4.69, 9.17) is 5.73 Å². The first-order valence-corrected chi connectivity index (χ1v) is 5.91. The van der Waals surface area contributed by atoms with Gasteiger partial charge in [-0.1, -0.05) is 0 Å². The second-order valence-electron chi connectivity index (χ2n) is 4.43. The van der Waals surface area contributed by atoms with Gasteiger partial charge in [0.05, 0.1) is 0 Å². The number of hydrogen-bond donors (Lipinski definition) is 2. The molecule has 0 saturated carbocycles. The van der Waals surface area contributed by atoms with Gasteiger partial charge in [0.25, 0.3) is 0 Å². The zero-order chi connectivity index (χ0) is 13.8. The molecule has 1 aromatic heterocycles. The molecular weight excluding hydrogens is 242 g/mol. The normalized spacial score (nSPS) is 10.2. The Kier molecular flexibility index (Phi) is 3.70. The monoisotopic (exact) mass is 259 g/mol. The third kappa shape index (κ3) is 3.48. The highest BCUT2D eigenvalue weighted by Gasteiger charge is 2.05. The summed E-state index contributed by atoms with van der Waals surface area (Å²) < 4.78 is 1.50. The molecule has 0 fully saturated rings. The number of nitrogens with two attached hydrogens (primary N) is 1. The van der Waals surface area contributed by atoms with Gasteiger partial charge in [-0.2, -0.15) is 5.10 Å². The highest BCUT2D eigenvalue weighted by molar-refractivity contribution is 5.90. The zero-order valence-electron chi connectivity index (χ0n) is 11.0. The molecule has 0 saturated heterocycles. The van der Waals surface area contributed by atoms with Crippen molar-refractivity contribution >= 4 is 23.1 Å². The SMILES string of the molecule is CN(C)c1ccc(NC(=O)Cn2ccc(N)n2)cc1. The van der Waals surface area contributed by atoms with Crippen LogP contribution >= 0.6 is 0 Å². The number of nitrogens with one attached hydrogen (secondary N) is 1. The van der Waals surface area contributed by atoms with Gasteiger partial charge in [0.2, 0.25) is 5.91 Å². The van der Waals surface area contributed by atoms with Crippen molar-refractivity contribution < 1.29 is 4.79 Å². The van der Waals surface area contributed by atoms with Crippen LogP contribution in [0.15, 0.2) is 36.5 Å². The predicted octanol–water partition coefficient (Wildman–Crippen LogP) is 1.17. The Balaban J connectivity index is 1.95. The Bertz CT molecular complexity index is 559.